The third-order valence-electron chi connectivity index (χ3n) is 4.89. The molecule has 0 aliphatic heterocycles. The summed E-state index contributed by atoms with van der Waals surface area (Å²) in [7, 11) is -2.39. The number of aromatic nitrogens is 1. The topological polar surface area (TPSA) is 37.3 Å². The van der Waals surface area contributed by atoms with Crippen molar-refractivity contribution in [3.05, 3.63) is 114 Å². The van der Waals surface area contributed by atoms with Gasteiger partial charge < -0.3 is 5.09 Å². The quantitative estimate of drug-likeness (QED) is 0.407. The van der Waals surface area contributed by atoms with Crippen LogP contribution in [0.25, 0.3) is 0 Å². The summed E-state index contributed by atoms with van der Waals surface area (Å²) < 4.78 is 5.48. The van der Waals surface area contributed by atoms with Gasteiger partial charge in [0.15, 0.2) is 0 Å². The molecule has 0 aliphatic rings. The molecule has 4 aromatic rings. The average molecular weight is 397 g/mol. The Kier molecular flexibility index (Phi) is 5.59. The molecule has 0 bridgehead atoms. The molecule has 1 aromatic heterocycles. The molecule has 0 atom stereocenters. The molecule has 0 saturated heterocycles. The van der Waals surface area contributed by atoms with Gasteiger partial charge in [0.25, 0.3) is 0 Å². The Morgan fingerprint density at radius 1 is 0.655 bits per heavy atom. The molecule has 144 valence electrons. The van der Waals surface area contributed by atoms with Gasteiger partial charge in [-0.2, -0.15) is 0 Å². The molecule has 29 heavy (non-hydrogen) atoms. The van der Waals surface area contributed by atoms with Gasteiger partial charge in [-0.1, -0.05) is 84.9 Å². The van der Waals surface area contributed by atoms with E-state index in [1.165, 1.54) is 21.7 Å². The second kappa shape index (κ2) is 8.46. The maximum atomic E-state index is 5.48. The zero-order valence-electron chi connectivity index (χ0n) is 16.7. The number of nitrogens with one attached hydrogen (secondary N) is 1. The van der Waals surface area contributed by atoms with Crippen LogP contribution in [0.3, 0.4) is 0 Å². The van der Waals surface area contributed by atoms with Crippen LogP contribution in [0.2, 0.25) is 0 Å². The fourth-order valence-electron chi connectivity index (χ4n) is 3.41. The van der Waals surface area contributed by atoms with Crippen LogP contribution >= 0.6 is 7.21 Å². The average Bonchev–Trinajstić information content (AvgIpc) is 2.77. The van der Waals surface area contributed by atoms with E-state index in [1.807, 2.05) is 36.5 Å². The summed E-state index contributed by atoms with van der Waals surface area (Å²) in [5.74, 6) is 0.823. The summed E-state index contributed by atoms with van der Waals surface area (Å²) in [6.45, 7) is 4.24. The Morgan fingerprint density at radius 2 is 1.21 bits per heavy atom. The fourth-order valence-corrected chi connectivity index (χ4v) is 6.54. The van der Waals surface area contributed by atoms with Crippen molar-refractivity contribution in [2.45, 2.75) is 13.8 Å². The van der Waals surface area contributed by atoms with Crippen molar-refractivity contribution in [1.29, 1.82) is 0 Å². The summed E-state index contributed by atoms with van der Waals surface area (Å²) in [4.78, 5) is 4.56. The van der Waals surface area contributed by atoms with Crippen LogP contribution in [0.15, 0.2) is 108 Å². The highest BCUT2D eigenvalue weighted by Crippen LogP contribution is 2.50. The van der Waals surface area contributed by atoms with Gasteiger partial charge in [-0.3, -0.25) is 0 Å². The predicted molar refractivity (Wildman–Crippen MR) is 125 cm³/mol. The lowest BCUT2D eigenvalue weighted by molar-refractivity contribution is 1.32. The standard InChI is InChI=1S/C25H24N3P/c1-20-12-11-13-21(2)25(20)28-29(22-14-5-3-6-15-22,23-16-7-4-8-17-23)27-24-18-9-10-19-26-24/h3-19H,1-2H3,(H,26,27). The third kappa shape index (κ3) is 4.01. The SMILES string of the molecule is Cc1cccc(C)c1N=P(Nc1ccccn1)(c1ccccc1)c1ccccc1. The zero-order valence-corrected chi connectivity index (χ0v) is 17.6. The second-order valence-corrected chi connectivity index (χ2v) is 9.70. The largest absolute Gasteiger partial charge is 0.330 e. The minimum absolute atomic E-state index is 0.823. The van der Waals surface area contributed by atoms with Gasteiger partial charge in [-0.25, -0.2) is 9.73 Å². The molecule has 0 unspecified atom stereocenters. The molecular formula is C25H24N3P. The van der Waals surface area contributed by atoms with Crippen molar-refractivity contribution < 1.29 is 0 Å². The zero-order chi connectivity index (χ0) is 20.1. The molecule has 1 heterocycles. The van der Waals surface area contributed by atoms with Crippen molar-refractivity contribution in [3.8, 4) is 0 Å². The first-order chi connectivity index (χ1) is 14.2. The smallest absolute Gasteiger partial charge is 0.130 e. The summed E-state index contributed by atoms with van der Waals surface area (Å²) in [6.07, 6.45) is 1.81. The van der Waals surface area contributed by atoms with Crippen molar-refractivity contribution in [3.63, 3.8) is 0 Å². The first-order valence-electron chi connectivity index (χ1n) is 9.68. The Morgan fingerprint density at radius 3 is 1.72 bits per heavy atom. The summed E-state index contributed by atoms with van der Waals surface area (Å²) in [6, 6.07) is 33.3. The maximum absolute atomic E-state index is 5.48. The van der Waals surface area contributed by atoms with Crippen molar-refractivity contribution in [1.82, 2.24) is 4.98 Å². The summed E-state index contributed by atoms with van der Waals surface area (Å²) in [5, 5.41) is 6.09. The van der Waals surface area contributed by atoms with E-state index in [1.54, 1.807) is 0 Å². The molecule has 1 N–H and O–H groups in total. The van der Waals surface area contributed by atoms with E-state index in [4.69, 9.17) is 4.74 Å². The monoisotopic (exact) mass is 397 g/mol. The van der Waals surface area contributed by atoms with Crippen LogP contribution in [-0.2, 0) is 0 Å². The first-order valence-corrected chi connectivity index (χ1v) is 11.4. The Balaban J connectivity index is 2.07. The van der Waals surface area contributed by atoms with Crippen LogP contribution in [0.5, 0.6) is 0 Å². The fraction of sp³-hybridized carbons (Fsp3) is 0.0800. The van der Waals surface area contributed by atoms with Crippen LogP contribution in [0.1, 0.15) is 11.1 Å². The maximum Gasteiger partial charge on any atom is 0.130 e. The lowest BCUT2D eigenvalue weighted by Crippen LogP contribution is -2.22. The molecule has 3 aromatic carbocycles. The van der Waals surface area contributed by atoms with Gasteiger partial charge >= 0.3 is 0 Å². The summed E-state index contributed by atoms with van der Waals surface area (Å²) >= 11 is 0. The minimum Gasteiger partial charge on any atom is -0.330 e. The van der Waals surface area contributed by atoms with E-state index in [-0.39, 0.29) is 0 Å². The van der Waals surface area contributed by atoms with Crippen LogP contribution in [0.4, 0.5) is 11.5 Å². The molecule has 0 saturated carbocycles. The minimum atomic E-state index is -2.39. The van der Waals surface area contributed by atoms with Gasteiger partial charge in [0.2, 0.25) is 0 Å². The number of anilines is 1. The van der Waals surface area contributed by atoms with Gasteiger partial charge in [0.1, 0.15) is 13.0 Å². The Hall–Kier alpha value is -3.16. The predicted octanol–water partition coefficient (Wildman–Crippen LogP) is 6.21. The highest BCUT2D eigenvalue weighted by molar-refractivity contribution is 7.82. The number of hydrogen-bond acceptors (Lipinski definition) is 2. The van der Waals surface area contributed by atoms with Gasteiger partial charge in [-0.05, 0) is 37.1 Å². The third-order valence-corrected chi connectivity index (χ3v) is 8.03. The van der Waals surface area contributed by atoms with Gasteiger partial charge in [0.05, 0.1) is 5.69 Å². The van der Waals surface area contributed by atoms with E-state index in [0.717, 1.165) is 11.5 Å². The highest BCUT2D eigenvalue weighted by atomic mass is 31.2. The number of aryl methyl sites for hydroxylation is 2. The van der Waals surface area contributed by atoms with Crippen molar-refractivity contribution >= 4 is 29.3 Å². The van der Waals surface area contributed by atoms with E-state index in [0.29, 0.717) is 0 Å². The summed E-state index contributed by atoms with van der Waals surface area (Å²) in [5.41, 5.74) is 3.38. The molecule has 0 spiro atoms. The van der Waals surface area contributed by atoms with E-state index in [2.05, 4.69) is 90.6 Å². The lowest BCUT2D eigenvalue weighted by atomic mass is 10.1. The molecule has 0 radical (unpaired) electrons. The second-order valence-electron chi connectivity index (χ2n) is 6.97. The van der Waals surface area contributed by atoms with E-state index in [9.17, 15) is 0 Å². The molecule has 3 nitrogen and oxygen atoms in total. The van der Waals surface area contributed by atoms with Crippen LogP contribution in [-0.4, -0.2) is 4.98 Å². The number of pyridine rings is 1. The van der Waals surface area contributed by atoms with E-state index >= 15 is 0 Å². The van der Waals surface area contributed by atoms with E-state index < -0.39 is 7.21 Å². The number of benzene rings is 3. The molecule has 0 amide bonds. The van der Waals surface area contributed by atoms with Crippen molar-refractivity contribution in [2.75, 3.05) is 5.09 Å². The normalized spacial score (nSPS) is 11.1. The van der Waals surface area contributed by atoms with Gasteiger partial charge in [-0.15, -0.1) is 0 Å². The Bertz CT molecular complexity index is 1080. The number of rotatable bonds is 5. The number of nitrogens with zero attached hydrogens (tertiary/aromatic N) is 2. The lowest BCUT2D eigenvalue weighted by Gasteiger charge is -2.28. The highest BCUT2D eigenvalue weighted by Gasteiger charge is 2.26. The van der Waals surface area contributed by atoms with Crippen molar-refractivity contribution in [2.24, 2.45) is 4.74 Å². The Labute approximate surface area is 172 Å². The molecular weight excluding hydrogens is 373 g/mol. The molecule has 0 fully saturated rings. The molecule has 4 heteroatoms. The van der Waals surface area contributed by atoms with Gasteiger partial charge in [0, 0.05) is 16.8 Å². The van der Waals surface area contributed by atoms with Crippen LogP contribution < -0.4 is 15.7 Å². The van der Waals surface area contributed by atoms with Crippen LogP contribution in [0, 0.1) is 13.8 Å². The first kappa shape index (κ1) is 19.2. The molecule has 4 rings (SSSR count). The number of hydrogen-bond donors (Lipinski definition) is 1. The molecule has 0 aliphatic carbocycles.